The summed E-state index contributed by atoms with van der Waals surface area (Å²) in [5.41, 5.74) is 0.199. The van der Waals surface area contributed by atoms with Gasteiger partial charge in [-0.1, -0.05) is 0 Å². The highest BCUT2D eigenvalue weighted by Crippen LogP contribution is 2.28. The molecule has 1 aromatic rings. The van der Waals surface area contributed by atoms with Gasteiger partial charge in [0, 0.05) is 24.0 Å². The number of rotatable bonds is 3. The van der Waals surface area contributed by atoms with Crippen LogP contribution in [0, 0.1) is 6.92 Å². The van der Waals surface area contributed by atoms with E-state index in [1.165, 1.54) is 11.3 Å². The Morgan fingerprint density at radius 1 is 1.44 bits per heavy atom. The lowest BCUT2D eigenvalue weighted by atomic mass is 10.0. The van der Waals surface area contributed by atoms with Gasteiger partial charge in [-0.05, 0) is 33.9 Å². The molecule has 100 valence electrons. The van der Waals surface area contributed by atoms with Gasteiger partial charge in [-0.15, -0.1) is 11.3 Å². The van der Waals surface area contributed by atoms with Crippen LogP contribution >= 0.6 is 11.3 Å². The molecule has 0 amide bonds. The molecule has 18 heavy (non-hydrogen) atoms. The van der Waals surface area contributed by atoms with E-state index in [4.69, 9.17) is 5.11 Å². The van der Waals surface area contributed by atoms with Gasteiger partial charge >= 0.3 is 5.97 Å². The number of thiazole rings is 1. The molecule has 0 bridgehead atoms. The zero-order chi connectivity index (χ0) is 13.3. The number of hydrogen-bond donors (Lipinski definition) is 1. The first kappa shape index (κ1) is 13.3. The second kappa shape index (κ2) is 5.24. The number of anilines is 1. The number of carboxylic acid groups (broad SMARTS) is 1. The van der Waals surface area contributed by atoms with Crippen molar-refractivity contribution in [2.75, 3.05) is 32.1 Å². The van der Waals surface area contributed by atoms with Gasteiger partial charge < -0.3 is 14.9 Å². The van der Waals surface area contributed by atoms with Crippen LogP contribution in [0.1, 0.15) is 28.2 Å². The van der Waals surface area contributed by atoms with E-state index in [0.29, 0.717) is 6.04 Å². The zero-order valence-corrected chi connectivity index (χ0v) is 11.8. The monoisotopic (exact) mass is 269 g/mol. The molecular weight excluding hydrogens is 250 g/mol. The predicted molar refractivity (Wildman–Crippen MR) is 72.7 cm³/mol. The molecule has 6 heteroatoms. The summed E-state index contributed by atoms with van der Waals surface area (Å²) in [7, 11) is 4.22. The molecule has 0 saturated carbocycles. The summed E-state index contributed by atoms with van der Waals surface area (Å²) in [4.78, 5) is 20.5. The van der Waals surface area contributed by atoms with Crippen LogP contribution in [0.2, 0.25) is 0 Å². The van der Waals surface area contributed by atoms with Gasteiger partial charge in [0.1, 0.15) is 0 Å². The lowest BCUT2D eigenvalue weighted by Gasteiger charge is -2.35. The first-order chi connectivity index (χ1) is 8.49. The van der Waals surface area contributed by atoms with Crippen LogP contribution < -0.4 is 4.90 Å². The van der Waals surface area contributed by atoms with Crippen molar-refractivity contribution in [2.45, 2.75) is 25.8 Å². The summed E-state index contributed by atoms with van der Waals surface area (Å²) in [5, 5.41) is 9.86. The lowest BCUT2D eigenvalue weighted by Crippen LogP contribution is -2.41. The van der Waals surface area contributed by atoms with E-state index >= 15 is 0 Å². The van der Waals surface area contributed by atoms with E-state index < -0.39 is 5.97 Å². The number of piperidine rings is 1. The van der Waals surface area contributed by atoms with Gasteiger partial charge in [-0.3, -0.25) is 0 Å². The van der Waals surface area contributed by atoms with Gasteiger partial charge in [0.05, 0.1) is 0 Å². The summed E-state index contributed by atoms with van der Waals surface area (Å²) >= 11 is 1.48. The third-order valence-corrected chi connectivity index (χ3v) is 4.48. The van der Waals surface area contributed by atoms with Crippen molar-refractivity contribution in [3.63, 3.8) is 0 Å². The largest absolute Gasteiger partial charge is 0.476 e. The van der Waals surface area contributed by atoms with Crippen LogP contribution in [0.25, 0.3) is 0 Å². The number of hydrogen-bond acceptors (Lipinski definition) is 5. The highest BCUT2D eigenvalue weighted by atomic mass is 32.1. The molecule has 1 fully saturated rings. The quantitative estimate of drug-likeness (QED) is 0.904. The van der Waals surface area contributed by atoms with Gasteiger partial charge in [0.2, 0.25) is 0 Å². The second-order valence-corrected chi connectivity index (χ2v) is 6.07. The highest BCUT2D eigenvalue weighted by molar-refractivity contribution is 7.15. The van der Waals surface area contributed by atoms with Crippen LogP contribution in [-0.2, 0) is 0 Å². The first-order valence-corrected chi connectivity index (χ1v) is 6.92. The van der Waals surface area contributed by atoms with Crippen LogP contribution in [0.4, 0.5) is 5.13 Å². The third kappa shape index (κ3) is 2.64. The van der Waals surface area contributed by atoms with Gasteiger partial charge in [-0.25, -0.2) is 9.78 Å². The fraction of sp³-hybridized carbons (Fsp3) is 0.667. The molecule has 2 heterocycles. The van der Waals surface area contributed by atoms with Crippen LogP contribution in [-0.4, -0.2) is 54.2 Å². The summed E-state index contributed by atoms with van der Waals surface area (Å²) in [5.74, 6) is -0.932. The molecule has 0 aromatic carbocycles. The number of aromatic nitrogens is 1. The van der Waals surface area contributed by atoms with E-state index in [2.05, 4.69) is 28.9 Å². The number of carbonyl (C=O) groups is 1. The van der Waals surface area contributed by atoms with E-state index in [9.17, 15) is 4.79 Å². The lowest BCUT2D eigenvalue weighted by molar-refractivity contribution is 0.0690. The zero-order valence-electron chi connectivity index (χ0n) is 11.0. The standard InChI is InChI=1S/C12H19N3O2S/c1-8-10(11(16)17)13-12(18-8)15-6-4-9(5-7-15)14(2)3/h9H,4-7H2,1-3H3,(H,16,17). The van der Waals surface area contributed by atoms with Crippen molar-refractivity contribution >= 4 is 22.4 Å². The Hall–Kier alpha value is -1.14. The average Bonchev–Trinajstić information content (AvgIpc) is 2.71. The van der Waals surface area contributed by atoms with Crippen LogP contribution in [0.3, 0.4) is 0 Å². The molecule has 0 unspecified atom stereocenters. The van der Waals surface area contributed by atoms with Crippen molar-refractivity contribution in [1.82, 2.24) is 9.88 Å². The maximum Gasteiger partial charge on any atom is 0.355 e. The maximum atomic E-state index is 11.0. The molecule has 0 radical (unpaired) electrons. The molecule has 0 atom stereocenters. The van der Waals surface area contributed by atoms with E-state index in [1.807, 2.05) is 6.92 Å². The third-order valence-electron chi connectivity index (χ3n) is 3.45. The predicted octanol–water partition coefficient (Wildman–Crippen LogP) is 1.68. The summed E-state index contributed by atoms with van der Waals surface area (Å²) in [6.45, 7) is 3.72. The molecule has 1 aliphatic heterocycles. The minimum Gasteiger partial charge on any atom is -0.476 e. The van der Waals surface area contributed by atoms with Gasteiger partial charge in [-0.2, -0.15) is 0 Å². The van der Waals surface area contributed by atoms with E-state index in [1.54, 1.807) is 0 Å². The Morgan fingerprint density at radius 2 is 2.06 bits per heavy atom. The molecule has 1 N–H and O–H groups in total. The Balaban J connectivity index is 2.06. The Bertz CT molecular complexity index is 437. The van der Waals surface area contributed by atoms with E-state index in [0.717, 1.165) is 35.9 Å². The molecule has 5 nitrogen and oxygen atoms in total. The summed E-state index contributed by atoms with van der Waals surface area (Å²) in [6.07, 6.45) is 2.21. The van der Waals surface area contributed by atoms with Crippen molar-refractivity contribution in [3.8, 4) is 0 Å². The number of carboxylic acids is 1. The maximum absolute atomic E-state index is 11.0. The summed E-state index contributed by atoms with van der Waals surface area (Å²) < 4.78 is 0. The molecular formula is C12H19N3O2S. The molecule has 0 spiro atoms. The van der Waals surface area contributed by atoms with Gasteiger partial charge in [0.15, 0.2) is 10.8 Å². The fourth-order valence-corrected chi connectivity index (χ4v) is 3.24. The van der Waals surface area contributed by atoms with Crippen molar-refractivity contribution < 1.29 is 9.90 Å². The smallest absolute Gasteiger partial charge is 0.355 e. The van der Waals surface area contributed by atoms with Gasteiger partial charge in [0.25, 0.3) is 0 Å². The molecule has 1 aromatic heterocycles. The Morgan fingerprint density at radius 3 is 2.50 bits per heavy atom. The number of nitrogens with zero attached hydrogens (tertiary/aromatic N) is 3. The molecule has 0 aliphatic carbocycles. The first-order valence-electron chi connectivity index (χ1n) is 6.11. The minimum atomic E-state index is -0.932. The molecule has 2 rings (SSSR count). The Kier molecular flexibility index (Phi) is 3.87. The van der Waals surface area contributed by atoms with E-state index in [-0.39, 0.29) is 5.69 Å². The SMILES string of the molecule is Cc1sc(N2CCC(N(C)C)CC2)nc1C(=O)O. The fourth-order valence-electron chi connectivity index (χ4n) is 2.29. The normalized spacial score (nSPS) is 17.4. The number of aromatic carboxylic acids is 1. The van der Waals surface area contributed by atoms with Crippen molar-refractivity contribution in [2.24, 2.45) is 0 Å². The highest BCUT2D eigenvalue weighted by Gasteiger charge is 2.24. The van der Waals surface area contributed by atoms with Crippen LogP contribution in [0.5, 0.6) is 0 Å². The topological polar surface area (TPSA) is 56.7 Å². The molecule has 1 saturated heterocycles. The average molecular weight is 269 g/mol. The van der Waals surface area contributed by atoms with Crippen molar-refractivity contribution in [3.05, 3.63) is 10.6 Å². The minimum absolute atomic E-state index is 0.199. The molecule has 1 aliphatic rings. The van der Waals surface area contributed by atoms with Crippen molar-refractivity contribution in [1.29, 1.82) is 0 Å². The second-order valence-electron chi connectivity index (χ2n) is 4.89. The Labute approximate surface area is 111 Å². The summed E-state index contributed by atoms with van der Waals surface area (Å²) in [6, 6.07) is 0.626. The van der Waals surface area contributed by atoms with Crippen LogP contribution in [0.15, 0.2) is 0 Å². The number of aryl methyl sites for hydroxylation is 1.